The lowest BCUT2D eigenvalue weighted by Crippen LogP contribution is -2.22. The van der Waals surface area contributed by atoms with Gasteiger partial charge in [-0.15, -0.1) is 0 Å². The molecule has 0 bridgehead atoms. The van der Waals surface area contributed by atoms with Crippen LogP contribution in [0.2, 0.25) is 5.02 Å². The summed E-state index contributed by atoms with van der Waals surface area (Å²) in [5.74, 6) is -0.0833. The maximum Gasteiger partial charge on any atom is 0.237 e. The third kappa shape index (κ3) is 3.81. The summed E-state index contributed by atoms with van der Waals surface area (Å²) < 4.78 is 0. The molecule has 23 heavy (non-hydrogen) atoms. The van der Waals surface area contributed by atoms with Crippen molar-refractivity contribution in [3.05, 3.63) is 59.9 Å². The molecule has 2 aromatic carbocycles. The van der Waals surface area contributed by atoms with Crippen LogP contribution in [0.5, 0.6) is 0 Å². The Morgan fingerprint density at radius 1 is 1.13 bits per heavy atom. The SMILES string of the molecule is C[C@H](Sc1ncnc2ccccc12)C(=O)Nc1ccc(Cl)cc1. The molecule has 3 aromatic rings. The van der Waals surface area contributed by atoms with Gasteiger partial charge in [0.25, 0.3) is 0 Å². The smallest absolute Gasteiger partial charge is 0.237 e. The van der Waals surface area contributed by atoms with E-state index in [2.05, 4.69) is 15.3 Å². The largest absolute Gasteiger partial charge is 0.325 e. The maximum atomic E-state index is 12.3. The van der Waals surface area contributed by atoms with E-state index in [0.717, 1.165) is 21.6 Å². The number of para-hydroxylation sites is 1. The molecule has 1 amide bonds. The van der Waals surface area contributed by atoms with E-state index in [9.17, 15) is 4.79 Å². The van der Waals surface area contributed by atoms with Crippen molar-refractivity contribution in [3.8, 4) is 0 Å². The second-order valence-electron chi connectivity index (χ2n) is 4.95. The van der Waals surface area contributed by atoms with Crippen molar-refractivity contribution in [2.24, 2.45) is 0 Å². The van der Waals surface area contributed by atoms with Gasteiger partial charge in [0.2, 0.25) is 5.91 Å². The summed E-state index contributed by atoms with van der Waals surface area (Å²) in [4.78, 5) is 20.9. The van der Waals surface area contributed by atoms with Crippen LogP contribution in [0.25, 0.3) is 10.9 Å². The second kappa shape index (κ2) is 6.98. The summed E-state index contributed by atoms with van der Waals surface area (Å²) in [6, 6.07) is 14.8. The van der Waals surface area contributed by atoms with Gasteiger partial charge in [-0.3, -0.25) is 4.79 Å². The van der Waals surface area contributed by atoms with Crippen LogP contribution in [-0.2, 0) is 4.79 Å². The second-order valence-corrected chi connectivity index (χ2v) is 6.72. The molecule has 6 heteroatoms. The van der Waals surface area contributed by atoms with E-state index in [1.54, 1.807) is 24.3 Å². The summed E-state index contributed by atoms with van der Waals surface area (Å²) in [7, 11) is 0. The number of hydrogen-bond donors (Lipinski definition) is 1. The van der Waals surface area contributed by atoms with Crippen molar-refractivity contribution in [2.45, 2.75) is 17.2 Å². The molecular formula is C17H14ClN3OS. The normalized spacial score (nSPS) is 12.1. The number of nitrogens with zero attached hydrogens (tertiary/aromatic N) is 2. The number of benzene rings is 2. The van der Waals surface area contributed by atoms with Crippen LogP contribution < -0.4 is 5.32 Å². The van der Waals surface area contributed by atoms with Crippen molar-refractivity contribution in [1.29, 1.82) is 0 Å². The van der Waals surface area contributed by atoms with Gasteiger partial charge in [-0.1, -0.05) is 41.6 Å². The standard InChI is InChI=1S/C17H14ClN3OS/c1-11(16(22)21-13-8-6-12(18)7-9-13)23-17-14-4-2-3-5-15(14)19-10-20-17/h2-11H,1H3,(H,21,22)/t11-/m0/s1. The number of carbonyl (C=O) groups is 1. The number of aromatic nitrogens is 2. The molecule has 0 saturated carbocycles. The quantitative estimate of drug-likeness (QED) is 0.563. The lowest BCUT2D eigenvalue weighted by Gasteiger charge is -2.12. The van der Waals surface area contributed by atoms with Crippen LogP contribution in [0, 0.1) is 0 Å². The molecule has 0 aliphatic heterocycles. The Hall–Kier alpha value is -2.11. The Morgan fingerprint density at radius 2 is 1.87 bits per heavy atom. The van der Waals surface area contributed by atoms with Crippen LogP contribution in [0.1, 0.15) is 6.92 Å². The zero-order valence-corrected chi connectivity index (χ0v) is 13.9. The fourth-order valence-electron chi connectivity index (χ4n) is 2.07. The van der Waals surface area contributed by atoms with E-state index < -0.39 is 0 Å². The first-order chi connectivity index (χ1) is 11.1. The predicted molar refractivity (Wildman–Crippen MR) is 94.9 cm³/mol. The molecule has 0 aliphatic carbocycles. The lowest BCUT2D eigenvalue weighted by atomic mass is 10.2. The highest BCUT2D eigenvalue weighted by Crippen LogP contribution is 2.28. The zero-order chi connectivity index (χ0) is 16.2. The van der Waals surface area contributed by atoms with Crippen molar-refractivity contribution >= 4 is 45.9 Å². The first kappa shape index (κ1) is 15.8. The van der Waals surface area contributed by atoms with Gasteiger partial charge in [-0.05, 0) is 37.3 Å². The fourth-order valence-corrected chi connectivity index (χ4v) is 3.11. The highest BCUT2D eigenvalue weighted by molar-refractivity contribution is 8.00. The predicted octanol–water partition coefficient (Wildman–Crippen LogP) is 4.40. The molecule has 0 fully saturated rings. The van der Waals surface area contributed by atoms with E-state index in [1.807, 2.05) is 31.2 Å². The molecule has 0 saturated heterocycles. The Labute approximate surface area is 143 Å². The fraction of sp³-hybridized carbons (Fsp3) is 0.118. The number of amides is 1. The third-order valence-corrected chi connectivity index (χ3v) is 4.64. The summed E-state index contributed by atoms with van der Waals surface area (Å²) in [5.41, 5.74) is 1.59. The van der Waals surface area contributed by atoms with Gasteiger partial charge in [0.15, 0.2) is 0 Å². The van der Waals surface area contributed by atoms with Gasteiger partial charge in [0.05, 0.1) is 10.8 Å². The van der Waals surface area contributed by atoms with E-state index in [1.165, 1.54) is 18.1 Å². The minimum Gasteiger partial charge on any atom is -0.325 e. The molecule has 1 heterocycles. The van der Waals surface area contributed by atoms with Gasteiger partial charge >= 0.3 is 0 Å². The molecule has 0 aliphatic rings. The molecule has 0 radical (unpaired) electrons. The molecular weight excluding hydrogens is 330 g/mol. The summed E-state index contributed by atoms with van der Waals surface area (Å²) in [6.07, 6.45) is 1.52. The van der Waals surface area contributed by atoms with Crippen molar-refractivity contribution < 1.29 is 4.79 Å². The number of rotatable bonds is 4. The van der Waals surface area contributed by atoms with Gasteiger partial charge in [0.1, 0.15) is 11.4 Å². The molecule has 116 valence electrons. The summed E-state index contributed by atoms with van der Waals surface area (Å²) >= 11 is 7.26. The van der Waals surface area contributed by atoms with Crippen LogP contribution in [0.3, 0.4) is 0 Å². The van der Waals surface area contributed by atoms with Crippen LogP contribution in [-0.4, -0.2) is 21.1 Å². The van der Waals surface area contributed by atoms with E-state index in [4.69, 9.17) is 11.6 Å². The monoisotopic (exact) mass is 343 g/mol. The first-order valence-corrected chi connectivity index (χ1v) is 8.32. The number of fused-ring (bicyclic) bond motifs is 1. The van der Waals surface area contributed by atoms with E-state index in [-0.39, 0.29) is 11.2 Å². The van der Waals surface area contributed by atoms with Gasteiger partial charge in [-0.2, -0.15) is 0 Å². The minimum absolute atomic E-state index is 0.0833. The Balaban J connectivity index is 1.73. The average Bonchev–Trinajstić information content (AvgIpc) is 2.57. The topological polar surface area (TPSA) is 54.9 Å². The molecule has 0 spiro atoms. The van der Waals surface area contributed by atoms with Gasteiger partial charge in [-0.25, -0.2) is 9.97 Å². The molecule has 3 rings (SSSR count). The highest BCUT2D eigenvalue weighted by Gasteiger charge is 2.17. The van der Waals surface area contributed by atoms with E-state index in [0.29, 0.717) is 5.02 Å². The minimum atomic E-state index is -0.288. The van der Waals surface area contributed by atoms with Gasteiger partial charge in [0, 0.05) is 16.1 Å². The van der Waals surface area contributed by atoms with Gasteiger partial charge < -0.3 is 5.32 Å². The zero-order valence-electron chi connectivity index (χ0n) is 12.4. The summed E-state index contributed by atoms with van der Waals surface area (Å²) in [5, 5.41) is 4.97. The Morgan fingerprint density at radius 3 is 2.65 bits per heavy atom. The first-order valence-electron chi connectivity index (χ1n) is 7.06. The molecule has 1 atom stereocenters. The average molecular weight is 344 g/mol. The highest BCUT2D eigenvalue weighted by atomic mass is 35.5. The Bertz CT molecular complexity index is 833. The maximum absolute atomic E-state index is 12.3. The Kier molecular flexibility index (Phi) is 4.79. The molecule has 0 unspecified atom stereocenters. The third-order valence-electron chi connectivity index (χ3n) is 3.28. The van der Waals surface area contributed by atoms with Crippen LogP contribution in [0.4, 0.5) is 5.69 Å². The van der Waals surface area contributed by atoms with E-state index >= 15 is 0 Å². The molecule has 4 nitrogen and oxygen atoms in total. The van der Waals surface area contributed by atoms with Crippen molar-refractivity contribution in [2.75, 3.05) is 5.32 Å². The summed E-state index contributed by atoms with van der Waals surface area (Å²) in [6.45, 7) is 1.85. The molecule has 1 aromatic heterocycles. The van der Waals surface area contributed by atoms with Crippen LogP contribution in [0.15, 0.2) is 59.9 Å². The van der Waals surface area contributed by atoms with Crippen LogP contribution >= 0.6 is 23.4 Å². The molecule has 1 N–H and O–H groups in total. The number of hydrogen-bond acceptors (Lipinski definition) is 4. The number of nitrogens with one attached hydrogen (secondary N) is 1. The van der Waals surface area contributed by atoms with Crippen molar-refractivity contribution in [3.63, 3.8) is 0 Å². The number of thioether (sulfide) groups is 1. The lowest BCUT2D eigenvalue weighted by molar-refractivity contribution is -0.115. The number of anilines is 1. The number of carbonyl (C=O) groups excluding carboxylic acids is 1. The van der Waals surface area contributed by atoms with Crippen molar-refractivity contribution in [1.82, 2.24) is 9.97 Å². The number of halogens is 1.